The van der Waals surface area contributed by atoms with Crippen molar-refractivity contribution in [2.45, 2.75) is 16.2 Å². The van der Waals surface area contributed by atoms with Crippen molar-refractivity contribution in [1.82, 2.24) is 9.97 Å². The van der Waals surface area contributed by atoms with E-state index in [4.69, 9.17) is 16.7 Å². The van der Waals surface area contributed by atoms with Crippen molar-refractivity contribution in [1.29, 1.82) is 0 Å². The van der Waals surface area contributed by atoms with Gasteiger partial charge in [-0.25, -0.2) is 31.9 Å². The minimum absolute atomic E-state index is 0.00384. The third kappa shape index (κ3) is 5.62. The van der Waals surface area contributed by atoms with Crippen LogP contribution in [0.25, 0.3) is 11.0 Å². The number of primary sulfonamides is 1. The third-order valence-corrected chi connectivity index (χ3v) is 7.37. The minimum Gasteiger partial charge on any atom is -0.367 e. The van der Waals surface area contributed by atoms with Crippen LogP contribution in [0.2, 0.25) is 5.02 Å². The Morgan fingerprint density at radius 3 is 2.06 bits per heavy atom. The molecule has 0 unspecified atom stereocenters. The summed E-state index contributed by atoms with van der Waals surface area (Å²) < 4.78 is 51.2. The van der Waals surface area contributed by atoms with Crippen LogP contribution in [0.1, 0.15) is 5.56 Å². The van der Waals surface area contributed by atoms with Crippen molar-refractivity contribution in [3.05, 3.63) is 83.4 Å². The maximum Gasteiger partial charge on any atom is 0.263 e. The average molecular weight is 518 g/mol. The molecule has 3 aromatic carbocycles. The number of sulfonamides is 2. The molecular weight excluding hydrogens is 498 g/mol. The van der Waals surface area contributed by atoms with E-state index in [1.54, 1.807) is 42.5 Å². The summed E-state index contributed by atoms with van der Waals surface area (Å²) in [5.74, 6) is 0.300. The standard InChI is InChI=1S/C22H20ClN5O4S2/c23-16-4-3-5-18(14-16)34(31,32)28-22-21(26-19-6-1-2-7-20(19)27-22)25-13-12-15-8-10-17(11-9-15)33(24,29)30/h1-11,14H,12-13H2,(H,25,26)(H,27,28)(H2,24,29,30). The van der Waals surface area contributed by atoms with E-state index in [1.165, 1.54) is 24.3 Å². The van der Waals surface area contributed by atoms with Crippen LogP contribution in [0.4, 0.5) is 11.6 Å². The summed E-state index contributed by atoms with van der Waals surface area (Å²) in [4.78, 5) is 9.00. The zero-order valence-electron chi connectivity index (χ0n) is 17.6. The van der Waals surface area contributed by atoms with Gasteiger partial charge in [0.25, 0.3) is 10.0 Å². The van der Waals surface area contributed by atoms with E-state index < -0.39 is 20.0 Å². The summed E-state index contributed by atoms with van der Waals surface area (Å²) in [6.45, 7) is 0.383. The molecule has 4 N–H and O–H groups in total. The molecule has 176 valence electrons. The van der Waals surface area contributed by atoms with Gasteiger partial charge in [-0.3, -0.25) is 4.72 Å². The summed E-state index contributed by atoms with van der Waals surface area (Å²) in [6, 6.07) is 19.2. The highest BCUT2D eigenvalue weighted by Crippen LogP contribution is 2.25. The van der Waals surface area contributed by atoms with Gasteiger partial charge in [0.1, 0.15) is 0 Å². The Morgan fingerprint density at radius 1 is 0.794 bits per heavy atom. The van der Waals surface area contributed by atoms with Crippen LogP contribution in [0.3, 0.4) is 0 Å². The first-order valence-electron chi connectivity index (χ1n) is 10.0. The third-order valence-electron chi connectivity index (χ3n) is 4.87. The quantitative estimate of drug-likeness (QED) is 0.325. The molecule has 0 radical (unpaired) electrons. The van der Waals surface area contributed by atoms with Gasteiger partial charge < -0.3 is 5.32 Å². The van der Waals surface area contributed by atoms with Crippen LogP contribution in [0.5, 0.6) is 0 Å². The predicted octanol–water partition coefficient (Wildman–Crippen LogP) is 3.39. The normalized spacial score (nSPS) is 11.9. The zero-order chi connectivity index (χ0) is 24.3. The number of fused-ring (bicyclic) bond motifs is 1. The maximum atomic E-state index is 12.9. The Kier molecular flexibility index (Phi) is 6.71. The Morgan fingerprint density at radius 2 is 1.44 bits per heavy atom. The van der Waals surface area contributed by atoms with E-state index in [2.05, 4.69) is 20.0 Å². The molecule has 0 atom stereocenters. The molecule has 0 amide bonds. The average Bonchev–Trinajstić information content (AvgIpc) is 2.79. The van der Waals surface area contributed by atoms with E-state index in [-0.39, 0.29) is 21.4 Å². The van der Waals surface area contributed by atoms with Crippen molar-refractivity contribution in [2.75, 3.05) is 16.6 Å². The Balaban J connectivity index is 1.58. The number of benzene rings is 3. The minimum atomic E-state index is -3.97. The summed E-state index contributed by atoms with van der Waals surface area (Å²) in [7, 11) is -7.73. The zero-order valence-corrected chi connectivity index (χ0v) is 20.0. The van der Waals surface area contributed by atoms with Gasteiger partial charge in [-0.05, 0) is 54.4 Å². The number of halogens is 1. The number of anilines is 2. The SMILES string of the molecule is NS(=O)(=O)c1ccc(CCNc2nc3ccccc3nc2NS(=O)(=O)c2cccc(Cl)c2)cc1. The second-order valence-corrected chi connectivity index (χ2v) is 11.0. The molecule has 1 aromatic heterocycles. The fraction of sp³-hybridized carbons (Fsp3) is 0.0909. The monoisotopic (exact) mass is 517 g/mol. The molecule has 0 aliphatic carbocycles. The molecule has 0 bridgehead atoms. The van der Waals surface area contributed by atoms with Gasteiger partial charge in [0.05, 0.1) is 20.8 Å². The molecule has 4 rings (SSSR count). The molecule has 0 aliphatic rings. The number of nitrogens with zero attached hydrogens (tertiary/aromatic N) is 2. The van der Waals surface area contributed by atoms with E-state index >= 15 is 0 Å². The van der Waals surface area contributed by atoms with Gasteiger partial charge in [-0.2, -0.15) is 0 Å². The van der Waals surface area contributed by atoms with E-state index in [9.17, 15) is 16.8 Å². The van der Waals surface area contributed by atoms with Crippen LogP contribution in [-0.4, -0.2) is 33.3 Å². The lowest BCUT2D eigenvalue weighted by atomic mass is 10.1. The van der Waals surface area contributed by atoms with Crippen LogP contribution in [-0.2, 0) is 26.5 Å². The fourth-order valence-corrected chi connectivity index (χ4v) is 5.01. The van der Waals surface area contributed by atoms with Crippen LogP contribution in [0, 0.1) is 0 Å². The predicted molar refractivity (Wildman–Crippen MR) is 132 cm³/mol. The lowest BCUT2D eigenvalue weighted by Gasteiger charge is -2.14. The summed E-state index contributed by atoms with van der Waals surface area (Å²) >= 11 is 5.95. The molecular formula is C22H20ClN5O4S2. The first-order valence-corrected chi connectivity index (χ1v) is 13.4. The van der Waals surface area contributed by atoms with E-state index in [1.807, 2.05) is 6.07 Å². The molecule has 4 aromatic rings. The largest absolute Gasteiger partial charge is 0.367 e. The van der Waals surface area contributed by atoms with Crippen molar-refractivity contribution in [3.8, 4) is 0 Å². The highest BCUT2D eigenvalue weighted by molar-refractivity contribution is 7.92. The molecule has 0 saturated carbocycles. The fourth-order valence-electron chi connectivity index (χ4n) is 3.19. The summed E-state index contributed by atoms with van der Waals surface area (Å²) in [6.07, 6.45) is 0.514. The van der Waals surface area contributed by atoms with Crippen molar-refractivity contribution < 1.29 is 16.8 Å². The molecule has 0 saturated heterocycles. The molecule has 0 spiro atoms. The highest BCUT2D eigenvalue weighted by atomic mass is 35.5. The molecule has 0 aliphatic heterocycles. The van der Waals surface area contributed by atoms with Gasteiger partial charge in [0, 0.05) is 11.6 Å². The van der Waals surface area contributed by atoms with Crippen LogP contribution in [0.15, 0.2) is 82.6 Å². The number of nitrogens with two attached hydrogens (primary N) is 1. The summed E-state index contributed by atoms with van der Waals surface area (Å²) in [5.41, 5.74) is 1.97. The topological polar surface area (TPSA) is 144 Å². The number of rotatable bonds is 8. The van der Waals surface area contributed by atoms with E-state index in [0.29, 0.717) is 29.0 Å². The van der Waals surface area contributed by atoms with E-state index in [0.717, 1.165) is 5.56 Å². The Hall–Kier alpha value is -3.25. The number of aromatic nitrogens is 2. The lowest BCUT2D eigenvalue weighted by molar-refractivity contribution is 0.597. The molecule has 9 nitrogen and oxygen atoms in total. The Labute approximate surface area is 202 Å². The van der Waals surface area contributed by atoms with Gasteiger partial charge in [-0.15, -0.1) is 0 Å². The molecule has 0 fully saturated rings. The number of para-hydroxylation sites is 2. The van der Waals surface area contributed by atoms with Gasteiger partial charge in [-0.1, -0.05) is 41.9 Å². The number of nitrogens with one attached hydrogen (secondary N) is 2. The molecule has 1 heterocycles. The van der Waals surface area contributed by atoms with Crippen molar-refractivity contribution in [3.63, 3.8) is 0 Å². The molecule has 12 heteroatoms. The number of hydrogen-bond donors (Lipinski definition) is 3. The van der Waals surface area contributed by atoms with Crippen molar-refractivity contribution in [2.24, 2.45) is 5.14 Å². The van der Waals surface area contributed by atoms with Crippen LogP contribution >= 0.6 is 11.6 Å². The van der Waals surface area contributed by atoms with Gasteiger partial charge in [0.2, 0.25) is 10.0 Å². The first kappa shape index (κ1) is 23.9. The van der Waals surface area contributed by atoms with Gasteiger partial charge in [0.15, 0.2) is 11.6 Å². The smallest absolute Gasteiger partial charge is 0.263 e. The lowest BCUT2D eigenvalue weighted by Crippen LogP contribution is -2.17. The second-order valence-electron chi connectivity index (χ2n) is 7.34. The number of hydrogen-bond acceptors (Lipinski definition) is 7. The van der Waals surface area contributed by atoms with Crippen LogP contribution < -0.4 is 15.2 Å². The van der Waals surface area contributed by atoms with Gasteiger partial charge >= 0.3 is 0 Å². The first-order chi connectivity index (χ1) is 16.1. The van der Waals surface area contributed by atoms with Crippen molar-refractivity contribution >= 4 is 54.3 Å². The highest BCUT2D eigenvalue weighted by Gasteiger charge is 2.19. The second kappa shape index (κ2) is 9.55. The Bertz CT molecular complexity index is 1560. The maximum absolute atomic E-state index is 12.9. The molecule has 34 heavy (non-hydrogen) atoms. The summed E-state index contributed by atoms with van der Waals surface area (Å²) in [5, 5.41) is 8.53.